The van der Waals surface area contributed by atoms with Crippen molar-refractivity contribution in [2.45, 2.75) is 19.4 Å². The third-order valence-corrected chi connectivity index (χ3v) is 2.15. The van der Waals surface area contributed by atoms with Crippen LogP contribution in [0.15, 0.2) is 10.6 Å². The van der Waals surface area contributed by atoms with Crippen LogP contribution in [-0.4, -0.2) is 24.3 Å². The van der Waals surface area contributed by atoms with E-state index in [9.17, 15) is 0 Å². The summed E-state index contributed by atoms with van der Waals surface area (Å²) in [5.41, 5.74) is 6.69. The standard InChI is InChI=1S/C8H13N3O/c1-6-4-8(12-10-6)11-3-2-7(9)5-11/h4,7H,2-3,5,9H2,1H3. The van der Waals surface area contributed by atoms with Crippen LogP contribution in [0.5, 0.6) is 0 Å². The molecule has 0 spiro atoms. The summed E-state index contributed by atoms with van der Waals surface area (Å²) in [5.74, 6) is 0.848. The van der Waals surface area contributed by atoms with Crippen molar-refractivity contribution < 1.29 is 4.52 Å². The molecule has 12 heavy (non-hydrogen) atoms. The van der Waals surface area contributed by atoms with E-state index in [1.165, 1.54) is 0 Å². The van der Waals surface area contributed by atoms with E-state index in [1.807, 2.05) is 13.0 Å². The Labute approximate surface area is 71.3 Å². The molecule has 4 heteroatoms. The quantitative estimate of drug-likeness (QED) is 0.662. The molecule has 0 saturated carbocycles. The maximum absolute atomic E-state index is 5.77. The Balaban J connectivity index is 2.11. The molecule has 0 aliphatic carbocycles. The van der Waals surface area contributed by atoms with Crippen molar-refractivity contribution in [2.24, 2.45) is 5.73 Å². The van der Waals surface area contributed by atoms with E-state index in [4.69, 9.17) is 10.3 Å². The monoisotopic (exact) mass is 167 g/mol. The van der Waals surface area contributed by atoms with Crippen molar-refractivity contribution in [1.29, 1.82) is 0 Å². The second-order valence-corrected chi connectivity index (χ2v) is 3.30. The van der Waals surface area contributed by atoms with Gasteiger partial charge in [0.2, 0.25) is 5.88 Å². The van der Waals surface area contributed by atoms with Gasteiger partial charge in [0, 0.05) is 25.2 Å². The summed E-state index contributed by atoms with van der Waals surface area (Å²) in [7, 11) is 0. The minimum absolute atomic E-state index is 0.287. The number of hydrogen-bond acceptors (Lipinski definition) is 4. The van der Waals surface area contributed by atoms with Crippen LogP contribution >= 0.6 is 0 Å². The molecule has 2 N–H and O–H groups in total. The predicted octanol–water partition coefficient (Wildman–Crippen LogP) is 0.520. The summed E-state index contributed by atoms with van der Waals surface area (Å²) < 4.78 is 5.12. The Kier molecular flexibility index (Phi) is 1.77. The lowest BCUT2D eigenvalue weighted by Gasteiger charge is -2.11. The number of nitrogens with two attached hydrogens (primary N) is 1. The smallest absolute Gasteiger partial charge is 0.227 e. The highest BCUT2D eigenvalue weighted by Crippen LogP contribution is 2.19. The molecule has 1 aromatic heterocycles. The first-order valence-electron chi connectivity index (χ1n) is 4.19. The minimum atomic E-state index is 0.287. The Hall–Kier alpha value is -1.03. The number of rotatable bonds is 1. The summed E-state index contributed by atoms with van der Waals surface area (Å²) in [6, 6.07) is 2.23. The van der Waals surface area contributed by atoms with Gasteiger partial charge in [-0.2, -0.15) is 0 Å². The van der Waals surface area contributed by atoms with Crippen LogP contribution in [0, 0.1) is 6.92 Å². The average Bonchev–Trinajstić information content (AvgIpc) is 2.58. The predicted molar refractivity (Wildman–Crippen MR) is 46.0 cm³/mol. The second kappa shape index (κ2) is 2.79. The van der Waals surface area contributed by atoms with Crippen LogP contribution in [0.2, 0.25) is 0 Å². The van der Waals surface area contributed by atoms with Gasteiger partial charge in [-0.15, -0.1) is 0 Å². The van der Waals surface area contributed by atoms with Crippen molar-refractivity contribution in [1.82, 2.24) is 5.16 Å². The Morgan fingerprint density at radius 1 is 1.75 bits per heavy atom. The van der Waals surface area contributed by atoms with Gasteiger partial charge in [0.05, 0.1) is 5.69 Å². The molecule has 1 atom stereocenters. The normalized spacial score (nSPS) is 23.5. The number of nitrogens with zero attached hydrogens (tertiary/aromatic N) is 2. The Morgan fingerprint density at radius 3 is 3.08 bits per heavy atom. The molecule has 2 rings (SSSR count). The molecule has 0 aromatic carbocycles. The average molecular weight is 167 g/mol. The lowest BCUT2D eigenvalue weighted by molar-refractivity contribution is 0.415. The minimum Gasteiger partial charge on any atom is -0.339 e. The first kappa shape index (κ1) is 7.61. The maximum Gasteiger partial charge on any atom is 0.227 e. The zero-order chi connectivity index (χ0) is 8.55. The molecule has 1 fully saturated rings. The highest BCUT2D eigenvalue weighted by molar-refractivity contribution is 5.37. The maximum atomic E-state index is 5.77. The van der Waals surface area contributed by atoms with E-state index in [0.717, 1.165) is 31.1 Å². The number of aryl methyl sites for hydroxylation is 1. The van der Waals surface area contributed by atoms with Gasteiger partial charge in [0.15, 0.2) is 0 Å². The van der Waals surface area contributed by atoms with Gasteiger partial charge in [-0.05, 0) is 13.3 Å². The van der Waals surface area contributed by atoms with Crippen LogP contribution in [0.4, 0.5) is 5.88 Å². The number of aromatic nitrogens is 1. The molecule has 4 nitrogen and oxygen atoms in total. The lowest BCUT2D eigenvalue weighted by atomic mass is 10.3. The van der Waals surface area contributed by atoms with Gasteiger partial charge < -0.3 is 15.2 Å². The van der Waals surface area contributed by atoms with Gasteiger partial charge >= 0.3 is 0 Å². The van der Waals surface area contributed by atoms with E-state index in [1.54, 1.807) is 0 Å². The van der Waals surface area contributed by atoms with E-state index < -0.39 is 0 Å². The molecule has 2 heterocycles. The second-order valence-electron chi connectivity index (χ2n) is 3.30. The molecule has 1 aromatic rings. The van der Waals surface area contributed by atoms with Gasteiger partial charge in [-0.3, -0.25) is 0 Å². The summed E-state index contributed by atoms with van der Waals surface area (Å²) in [5, 5.41) is 3.83. The summed E-state index contributed by atoms with van der Waals surface area (Å²) in [6.07, 6.45) is 1.04. The number of anilines is 1. The third kappa shape index (κ3) is 1.30. The first-order chi connectivity index (χ1) is 5.75. The fourth-order valence-corrected chi connectivity index (χ4v) is 1.49. The molecular weight excluding hydrogens is 154 g/mol. The molecular formula is C8H13N3O. The molecule has 66 valence electrons. The zero-order valence-electron chi connectivity index (χ0n) is 7.16. The molecule has 1 saturated heterocycles. The van der Waals surface area contributed by atoms with E-state index in [2.05, 4.69) is 10.1 Å². The van der Waals surface area contributed by atoms with Gasteiger partial charge in [0.1, 0.15) is 0 Å². The highest BCUT2D eigenvalue weighted by atomic mass is 16.5. The van der Waals surface area contributed by atoms with E-state index in [-0.39, 0.29) is 6.04 Å². The molecule has 0 bridgehead atoms. The zero-order valence-corrected chi connectivity index (χ0v) is 7.16. The Morgan fingerprint density at radius 2 is 2.58 bits per heavy atom. The number of hydrogen-bond donors (Lipinski definition) is 1. The van der Waals surface area contributed by atoms with Crippen molar-refractivity contribution in [3.8, 4) is 0 Å². The van der Waals surface area contributed by atoms with Gasteiger partial charge in [0.25, 0.3) is 0 Å². The highest BCUT2D eigenvalue weighted by Gasteiger charge is 2.21. The SMILES string of the molecule is Cc1cc(N2CCC(N)C2)on1. The van der Waals surface area contributed by atoms with Gasteiger partial charge in [-0.25, -0.2) is 0 Å². The molecule has 0 amide bonds. The van der Waals surface area contributed by atoms with E-state index in [0.29, 0.717) is 0 Å². The first-order valence-corrected chi connectivity index (χ1v) is 4.19. The molecule has 1 aliphatic rings. The lowest BCUT2D eigenvalue weighted by Crippen LogP contribution is -2.25. The van der Waals surface area contributed by atoms with Crippen LogP contribution in [-0.2, 0) is 0 Å². The summed E-state index contributed by atoms with van der Waals surface area (Å²) >= 11 is 0. The van der Waals surface area contributed by atoms with Gasteiger partial charge in [-0.1, -0.05) is 5.16 Å². The van der Waals surface area contributed by atoms with Crippen molar-refractivity contribution in [3.05, 3.63) is 11.8 Å². The third-order valence-electron chi connectivity index (χ3n) is 2.15. The van der Waals surface area contributed by atoms with Crippen LogP contribution in [0.3, 0.4) is 0 Å². The molecule has 1 aliphatic heterocycles. The largest absolute Gasteiger partial charge is 0.339 e. The van der Waals surface area contributed by atoms with Crippen molar-refractivity contribution in [3.63, 3.8) is 0 Å². The van der Waals surface area contributed by atoms with Crippen LogP contribution in [0.25, 0.3) is 0 Å². The summed E-state index contributed by atoms with van der Waals surface area (Å²) in [6.45, 7) is 3.79. The topological polar surface area (TPSA) is 55.3 Å². The fourth-order valence-electron chi connectivity index (χ4n) is 1.49. The molecule has 1 unspecified atom stereocenters. The Bertz CT molecular complexity index is 271. The van der Waals surface area contributed by atoms with E-state index >= 15 is 0 Å². The fraction of sp³-hybridized carbons (Fsp3) is 0.625. The van der Waals surface area contributed by atoms with Crippen LogP contribution < -0.4 is 10.6 Å². The molecule has 0 radical (unpaired) electrons. The summed E-state index contributed by atoms with van der Waals surface area (Å²) in [4.78, 5) is 2.13. The van der Waals surface area contributed by atoms with Crippen molar-refractivity contribution in [2.75, 3.05) is 18.0 Å². The van der Waals surface area contributed by atoms with Crippen LogP contribution in [0.1, 0.15) is 12.1 Å². The van der Waals surface area contributed by atoms with Crippen molar-refractivity contribution >= 4 is 5.88 Å².